The van der Waals surface area contributed by atoms with Gasteiger partial charge in [0.15, 0.2) is 0 Å². The first-order valence-electron chi connectivity index (χ1n) is 5.78. The number of anilines is 1. The van der Waals surface area contributed by atoms with E-state index in [0.29, 0.717) is 4.99 Å². The highest BCUT2D eigenvalue weighted by Crippen LogP contribution is 2.17. The monoisotopic (exact) mass is 260 g/mol. The van der Waals surface area contributed by atoms with Crippen molar-refractivity contribution >= 4 is 22.9 Å². The van der Waals surface area contributed by atoms with Crippen LogP contribution in [0.2, 0.25) is 0 Å². The maximum Gasteiger partial charge on any atom is 0.106 e. The van der Waals surface area contributed by atoms with Gasteiger partial charge in [-0.3, -0.25) is 4.68 Å². The minimum atomic E-state index is 0.414. The Labute approximate surface area is 112 Å². The van der Waals surface area contributed by atoms with Crippen molar-refractivity contribution in [1.29, 1.82) is 0 Å². The zero-order valence-corrected chi connectivity index (χ0v) is 11.1. The van der Waals surface area contributed by atoms with Gasteiger partial charge in [-0.15, -0.1) is 0 Å². The molecule has 2 rings (SSSR count). The van der Waals surface area contributed by atoms with E-state index in [1.165, 1.54) is 5.56 Å². The molecule has 0 saturated carbocycles. The van der Waals surface area contributed by atoms with Crippen molar-refractivity contribution in [3.63, 3.8) is 0 Å². The van der Waals surface area contributed by atoms with E-state index in [1.54, 1.807) is 6.20 Å². The lowest BCUT2D eigenvalue weighted by molar-refractivity contribution is 0.638. The van der Waals surface area contributed by atoms with Crippen molar-refractivity contribution in [2.45, 2.75) is 13.5 Å². The molecular weight excluding hydrogens is 244 g/mol. The van der Waals surface area contributed by atoms with Gasteiger partial charge in [0.1, 0.15) is 4.99 Å². The predicted octanol–water partition coefficient (Wildman–Crippen LogP) is 1.94. The van der Waals surface area contributed by atoms with E-state index >= 15 is 0 Å². The summed E-state index contributed by atoms with van der Waals surface area (Å²) >= 11 is 5.04. The van der Waals surface area contributed by atoms with Gasteiger partial charge in [0.25, 0.3) is 0 Å². The fraction of sp³-hybridized carbons (Fsp3) is 0.231. The molecule has 0 aliphatic carbocycles. The third-order valence-corrected chi connectivity index (χ3v) is 2.88. The number of aromatic nitrogens is 2. The van der Waals surface area contributed by atoms with E-state index in [2.05, 4.69) is 16.5 Å². The Balaban J connectivity index is 2.03. The van der Waals surface area contributed by atoms with E-state index < -0.39 is 0 Å². The smallest absolute Gasteiger partial charge is 0.106 e. The highest BCUT2D eigenvalue weighted by Gasteiger charge is 2.04. The number of thiocarbonyl (C=S) groups is 1. The molecule has 4 nitrogen and oxygen atoms in total. The molecule has 0 spiro atoms. The number of benzene rings is 1. The first kappa shape index (κ1) is 12.6. The van der Waals surface area contributed by atoms with Crippen molar-refractivity contribution < 1.29 is 0 Å². The van der Waals surface area contributed by atoms with E-state index in [1.807, 2.05) is 36.0 Å². The summed E-state index contributed by atoms with van der Waals surface area (Å²) in [6, 6.07) is 7.92. The molecule has 0 radical (unpaired) electrons. The summed E-state index contributed by atoms with van der Waals surface area (Å²) < 4.78 is 1.88. The zero-order valence-electron chi connectivity index (χ0n) is 10.3. The summed E-state index contributed by atoms with van der Waals surface area (Å²) in [7, 11) is 0. The minimum Gasteiger partial charge on any atom is -0.389 e. The van der Waals surface area contributed by atoms with Crippen LogP contribution in [-0.2, 0) is 6.54 Å². The van der Waals surface area contributed by atoms with Gasteiger partial charge >= 0.3 is 0 Å². The van der Waals surface area contributed by atoms with Crippen molar-refractivity contribution in [2.75, 3.05) is 11.9 Å². The summed E-state index contributed by atoms with van der Waals surface area (Å²) in [5.41, 5.74) is 8.75. The fourth-order valence-electron chi connectivity index (χ4n) is 1.76. The minimum absolute atomic E-state index is 0.414. The molecule has 94 valence electrons. The van der Waals surface area contributed by atoms with Crippen LogP contribution in [0.4, 0.5) is 5.69 Å². The Morgan fingerprint density at radius 3 is 3.00 bits per heavy atom. The Morgan fingerprint density at radius 2 is 2.33 bits per heavy atom. The number of nitrogens with two attached hydrogens (primary N) is 1. The maximum atomic E-state index is 5.70. The standard InChI is InChI=1S/C13H16N4S/c1-10-3-4-11(13(14)18)12(9-10)15-6-8-17-7-2-5-16-17/h2-5,7,9,15H,6,8H2,1H3,(H2,14,18). The van der Waals surface area contributed by atoms with E-state index in [9.17, 15) is 0 Å². The number of nitrogens with one attached hydrogen (secondary N) is 1. The van der Waals surface area contributed by atoms with Crippen LogP contribution in [-0.4, -0.2) is 21.3 Å². The Kier molecular flexibility index (Phi) is 3.94. The Hall–Kier alpha value is -1.88. The molecule has 0 atom stereocenters. The second kappa shape index (κ2) is 5.64. The molecule has 0 aliphatic heterocycles. The van der Waals surface area contributed by atoms with Crippen LogP contribution in [0.3, 0.4) is 0 Å². The molecule has 0 bridgehead atoms. The molecule has 0 unspecified atom stereocenters. The van der Waals surface area contributed by atoms with Crippen molar-refractivity contribution in [1.82, 2.24) is 9.78 Å². The third-order valence-electron chi connectivity index (χ3n) is 2.66. The van der Waals surface area contributed by atoms with Crippen LogP contribution in [0.15, 0.2) is 36.7 Å². The van der Waals surface area contributed by atoms with Crippen molar-refractivity contribution in [2.24, 2.45) is 5.73 Å². The quantitative estimate of drug-likeness (QED) is 0.807. The number of nitrogens with zero attached hydrogens (tertiary/aromatic N) is 2. The van der Waals surface area contributed by atoms with Gasteiger partial charge in [-0.2, -0.15) is 5.10 Å². The number of hydrogen-bond acceptors (Lipinski definition) is 3. The second-order valence-corrected chi connectivity index (χ2v) is 4.55. The highest BCUT2D eigenvalue weighted by atomic mass is 32.1. The van der Waals surface area contributed by atoms with Gasteiger partial charge in [-0.05, 0) is 30.7 Å². The molecule has 1 aromatic heterocycles. The fourth-order valence-corrected chi connectivity index (χ4v) is 1.94. The van der Waals surface area contributed by atoms with Gasteiger partial charge in [0.2, 0.25) is 0 Å². The molecule has 18 heavy (non-hydrogen) atoms. The molecule has 0 saturated heterocycles. The molecule has 2 aromatic rings. The lowest BCUT2D eigenvalue weighted by Gasteiger charge is -2.12. The number of aryl methyl sites for hydroxylation is 1. The van der Waals surface area contributed by atoms with Gasteiger partial charge in [-0.25, -0.2) is 0 Å². The van der Waals surface area contributed by atoms with Crippen LogP contribution in [0.25, 0.3) is 0 Å². The van der Waals surface area contributed by atoms with Crippen LogP contribution in [0.1, 0.15) is 11.1 Å². The van der Waals surface area contributed by atoms with Gasteiger partial charge in [-0.1, -0.05) is 18.3 Å². The number of hydrogen-bond donors (Lipinski definition) is 2. The second-order valence-electron chi connectivity index (χ2n) is 4.11. The van der Waals surface area contributed by atoms with Gasteiger partial charge in [0.05, 0.1) is 6.54 Å². The topological polar surface area (TPSA) is 55.9 Å². The summed E-state index contributed by atoms with van der Waals surface area (Å²) in [5, 5.41) is 7.49. The normalized spacial score (nSPS) is 10.3. The zero-order chi connectivity index (χ0) is 13.0. The maximum absolute atomic E-state index is 5.70. The summed E-state index contributed by atoms with van der Waals surface area (Å²) in [6.07, 6.45) is 3.71. The van der Waals surface area contributed by atoms with Crippen molar-refractivity contribution in [3.05, 3.63) is 47.8 Å². The van der Waals surface area contributed by atoms with Gasteiger partial charge in [0, 0.05) is 30.2 Å². The molecule has 1 aromatic carbocycles. The van der Waals surface area contributed by atoms with Crippen molar-refractivity contribution in [3.8, 4) is 0 Å². The Morgan fingerprint density at radius 1 is 1.50 bits per heavy atom. The van der Waals surface area contributed by atoms with Crippen LogP contribution >= 0.6 is 12.2 Å². The summed E-state index contributed by atoms with van der Waals surface area (Å²) in [4.78, 5) is 0.414. The molecule has 0 aliphatic rings. The summed E-state index contributed by atoms with van der Waals surface area (Å²) in [5.74, 6) is 0. The first-order chi connectivity index (χ1) is 8.66. The van der Waals surface area contributed by atoms with Crippen LogP contribution < -0.4 is 11.1 Å². The highest BCUT2D eigenvalue weighted by molar-refractivity contribution is 7.80. The largest absolute Gasteiger partial charge is 0.389 e. The summed E-state index contributed by atoms with van der Waals surface area (Å²) in [6.45, 7) is 3.63. The Bertz CT molecular complexity index is 534. The average Bonchev–Trinajstić information content (AvgIpc) is 2.82. The lowest BCUT2D eigenvalue weighted by atomic mass is 10.1. The van der Waals surface area contributed by atoms with Crippen LogP contribution in [0.5, 0.6) is 0 Å². The molecule has 5 heteroatoms. The van der Waals surface area contributed by atoms with E-state index in [0.717, 1.165) is 24.3 Å². The molecule has 0 fully saturated rings. The first-order valence-corrected chi connectivity index (χ1v) is 6.19. The van der Waals surface area contributed by atoms with Gasteiger partial charge < -0.3 is 11.1 Å². The average molecular weight is 260 g/mol. The third kappa shape index (κ3) is 3.07. The molecular formula is C13H16N4S. The van der Waals surface area contributed by atoms with Crippen LogP contribution in [0, 0.1) is 6.92 Å². The lowest BCUT2D eigenvalue weighted by Crippen LogP contribution is -2.16. The number of rotatable bonds is 5. The predicted molar refractivity (Wildman–Crippen MR) is 77.8 cm³/mol. The molecule has 1 heterocycles. The van der Waals surface area contributed by atoms with E-state index in [4.69, 9.17) is 18.0 Å². The molecule has 0 amide bonds. The molecule has 3 N–H and O–H groups in total. The SMILES string of the molecule is Cc1ccc(C(N)=S)c(NCCn2cccn2)c1. The van der Waals surface area contributed by atoms with E-state index in [-0.39, 0.29) is 0 Å².